The Morgan fingerprint density at radius 3 is 2.00 bits per heavy atom. The third-order valence-electron chi connectivity index (χ3n) is 4.05. The van der Waals surface area contributed by atoms with Crippen LogP contribution in [-0.2, 0) is 5.75 Å². The molecular formula is C22H18N2S. The Bertz CT molecular complexity index is 929. The molecule has 122 valence electrons. The molecule has 4 rings (SSSR count). The Morgan fingerprint density at radius 2 is 1.28 bits per heavy atom. The van der Waals surface area contributed by atoms with Crippen molar-refractivity contribution in [1.29, 1.82) is 0 Å². The summed E-state index contributed by atoms with van der Waals surface area (Å²) in [6.45, 7) is 0. The fourth-order valence-electron chi connectivity index (χ4n) is 2.72. The fourth-order valence-corrected chi connectivity index (χ4v) is 3.52. The van der Waals surface area contributed by atoms with Gasteiger partial charge in [-0.1, -0.05) is 72.8 Å². The first-order valence-corrected chi connectivity index (χ1v) is 9.25. The maximum Gasteiger partial charge on any atom is 0.116 e. The summed E-state index contributed by atoms with van der Waals surface area (Å²) in [6.07, 6.45) is 1.92. The molecule has 0 aliphatic heterocycles. The number of aromatic nitrogens is 2. The highest BCUT2D eigenvalue weighted by molar-refractivity contribution is 7.98. The number of benzene rings is 3. The molecule has 0 unspecified atom stereocenters. The summed E-state index contributed by atoms with van der Waals surface area (Å²) in [6, 6.07) is 29.4. The summed E-state index contributed by atoms with van der Waals surface area (Å²) in [5.41, 5.74) is 4.67. The van der Waals surface area contributed by atoms with Crippen LogP contribution in [-0.4, -0.2) is 9.97 Å². The second kappa shape index (κ2) is 7.41. The molecule has 0 aliphatic rings. The lowest BCUT2D eigenvalue weighted by atomic mass is 10.0. The van der Waals surface area contributed by atoms with Gasteiger partial charge in [-0.15, -0.1) is 11.8 Å². The minimum absolute atomic E-state index is 0.839. The fraction of sp³-hybridized carbons (Fsp3) is 0.0455. The van der Waals surface area contributed by atoms with E-state index in [9.17, 15) is 0 Å². The van der Waals surface area contributed by atoms with Crippen LogP contribution in [0.25, 0.3) is 22.4 Å². The van der Waals surface area contributed by atoms with Gasteiger partial charge in [0.1, 0.15) is 5.82 Å². The zero-order valence-corrected chi connectivity index (χ0v) is 14.5. The quantitative estimate of drug-likeness (QED) is 0.448. The van der Waals surface area contributed by atoms with Crippen LogP contribution in [0.5, 0.6) is 0 Å². The molecule has 0 saturated heterocycles. The predicted molar refractivity (Wildman–Crippen MR) is 105 cm³/mol. The summed E-state index contributed by atoms with van der Waals surface area (Å²) in [7, 11) is 0. The molecule has 1 N–H and O–H groups in total. The van der Waals surface area contributed by atoms with Crippen LogP contribution < -0.4 is 0 Å². The average Bonchev–Trinajstić information content (AvgIpc) is 3.17. The van der Waals surface area contributed by atoms with Crippen molar-refractivity contribution in [3.05, 3.63) is 97.0 Å². The number of aromatic amines is 1. The van der Waals surface area contributed by atoms with Gasteiger partial charge in [-0.25, -0.2) is 4.98 Å². The first-order chi connectivity index (χ1) is 12.4. The molecule has 0 amide bonds. The summed E-state index contributed by atoms with van der Waals surface area (Å²) >= 11 is 1.79. The van der Waals surface area contributed by atoms with Crippen LogP contribution in [0.15, 0.2) is 96.0 Å². The Balaban J connectivity index is 1.46. The maximum atomic E-state index is 4.51. The van der Waals surface area contributed by atoms with Crippen LogP contribution in [0, 0.1) is 0 Å². The van der Waals surface area contributed by atoms with E-state index in [1.54, 1.807) is 11.8 Å². The monoisotopic (exact) mass is 342 g/mol. The number of H-pyrrole nitrogens is 1. The lowest BCUT2D eigenvalue weighted by Gasteiger charge is -2.03. The molecule has 0 bridgehead atoms. The molecule has 25 heavy (non-hydrogen) atoms. The summed E-state index contributed by atoms with van der Waals surface area (Å²) < 4.78 is 0. The van der Waals surface area contributed by atoms with E-state index in [1.165, 1.54) is 16.0 Å². The van der Waals surface area contributed by atoms with Crippen LogP contribution in [0.1, 0.15) is 5.82 Å². The Hall–Kier alpha value is -2.78. The van der Waals surface area contributed by atoms with E-state index in [1.807, 2.05) is 18.3 Å². The molecule has 0 aliphatic carbocycles. The summed E-state index contributed by atoms with van der Waals surface area (Å²) in [5, 5.41) is 0. The summed E-state index contributed by atoms with van der Waals surface area (Å²) in [4.78, 5) is 9.20. The van der Waals surface area contributed by atoms with Crippen molar-refractivity contribution in [3.63, 3.8) is 0 Å². The van der Waals surface area contributed by atoms with Gasteiger partial charge in [0.05, 0.1) is 17.6 Å². The largest absolute Gasteiger partial charge is 0.341 e. The highest BCUT2D eigenvalue weighted by Gasteiger charge is 2.05. The zero-order valence-electron chi connectivity index (χ0n) is 13.7. The minimum atomic E-state index is 0.839. The molecule has 1 aromatic heterocycles. The van der Waals surface area contributed by atoms with Gasteiger partial charge in [-0.3, -0.25) is 0 Å². The van der Waals surface area contributed by atoms with Crippen molar-refractivity contribution in [3.8, 4) is 22.4 Å². The Morgan fingerprint density at radius 1 is 0.680 bits per heavy atom. The Kier molecular flexibility index (Phi) is 4.66. The third-order valence-corrected chi connectivity index (χ3v) is 5.07. The van der Waals surface area contributed by atoms with Gasteiger partial charge in [0, 0.05) is 4.90 Å². The van der Waals surface area contributed by atoms with Crippen LogP contribution >= 0.6 is 11.8 Å². The topological polar surface area (TPSA) is 28.7 Å². The van der Waals surface area contributed by atoms with Gasteiger partial charge in [0.15, 0.2) is 0 Å². The standard InChI is InChI=1S/C22H18N2S/c1-3-7-17(8-4-1)18-11-13-19(14-12-18)21-15-23-22(24-21)16-25-20-9-5-2-6-10-20/h1-15H,16H2,(H,23,24). The van der Waals surface area contributed by atoms with E-state index in [2.05, 4.69) is 82.8 Å². The molecule has 0 atom stereocenters. The van der Waals surface area contributed by atoms with Gasteiger partial charge >= 0.3 is 0 Å². The molecular weight excluding hydrogens is 324 g/mol. The highest BCUT2D eigenvalue weighted by Crippen LogP contribution is 2.25. The van der Waals surface area contributed by atoms with Gasteiger partial charge in [-0.05, 0) is 28.8 Å². The minimum Gasteiger partial charge on any atom is -0.341 e. The lowest BCUT2D eigenvalue weighted by molar-refractivity contribution is 1.12. The van der Waals surface area contributed by atoms with Crippen LogP contribution in [0.3, 0.4) is 0 Å². The van der Waals surface area contributed by atoms with Crippen molar-refractivity contribution in [2.24, 2.45) is 0 Å². The van der Waals surface area contributed by atoms with Crippen LogP contribution in [0.4, 0.5) is 0 Å². The second-order valence-corrected chi connectivity index (χ2v) is 6.84. The molecule has 0 fully saturated rings. The molecule has 3 heteroatoms. The molecule has 0 spiro atoms. The number of hydrogen-bond donors (Lipinski definition) is 1. The number of imidazole rings is 1. The predicted octanol–water partition coefficient (Wildman–Crippen LogP) is 6.04. The van der Waals surface area contributed by atoms with Gasteiger partial charge in [-0.2, -0.15) is 0 Å². The highest BCUT2D eigenvalue weighted by atomic mass is 32.2. The first-order valence-electron chi connectivity index (χ1n) is 8.26. The van der Waals surface area contributed by atoms with Gasteiger partial charge < -0.3 is 4.98 Å². The van der Waals surface area contributed by atoms with Crippen molar-refractivity contribution >= 4 is 11.8 Å². The van der Waals surface area contributed by atoms with Crippen molar-refractivity contribution in [1.82, 2.24) is 9.97 Å². The lowest BCUT2D eigenvalue weighted by Crippen LogP contribution is -1.84. The van der Waals surface area contributed by atoms with Gasteiger partial charge in [0.2, 0.25) is 0 Å². The SMILES string of the molecule is c1ccc(SCc2ncc(-c3ccc(-c4ccccc4)cc3)[nH]2)cc1. The molecule has 3 aromatic carbocycles. The molecule has 0 saturated carbocycles. The molecule has 1 heterocycles. The smallest absolute Gasteiger partial charge is 0.116 e. The molecule has 2 nitrogen and oxygen atoms in total. The first kappa shape index (κ1) is 15.7. The number of hydrogen-bond acceptors (Lipinski definition) is 2. The van der Waals surface area contributed by atoms with E-state index in [0.717, 1.165) is 22.8 Å². The van der Waals surface area contributed by atoms with E-state index >= 15 is 0 Å². The third kappa shape index (κ3) is 3.83. The molecule has 0 radical (unpaired) electrons. The number of nitrogens with zero attached hydrogens (tertiary/aromatic N) is 1. The van der Waals surface area contributed by atoms with Gasteiger partial charge in [0.25, 0.3) is 0 Å². The van der Waals surface area contributed by atoms with Crippen LogP contribution in [0.2, 0.25) is 0 Å². The van der Waals surface area contributed by atoms with E-state index in [0.29, 0.717) is 0 Å². The second-order valence-electron chi connectivity index (χ2n) is 5.79. The Labute approximate surface area is 152 Å². The summed E-state index contributed by atoms with van der Waals surface area (Å²) in [5.74, 6) is 1.84. The average molecular weight is 342 g/mol. The van der Waals surface area contributed by atoms with E-state index in [4.69, 9.17) is 0 Å². The number of rotatable bonds is 5. The van der Waals surface area contributed by atoms with Crippen molar-refractivity contribution < 1.29 is 0 Å². The number of nitrogens with one attached hydrogen (secondary N) is 1. The van der Waals surface area contributed by atoms with Crippen molar-refractivity contribution in [2.45, 2.75) is 10.6 Å². The van der Waals surface area contributed by atoms with E-state index < -0.39 is 0 Å². The molecule has 4 aromatic rings. The van der Waals surface area contributed by atoms with E-state index in [-0.39, 0.29) is 0 Å². The maximum absolute atomic E-state index is 4.51. The zero-order chi connectivity index (χ0) is 16.9. The normalized spacial score (nSPS) is 10.7. The number of thioether (sulfide) groups is 1. The van der Waals surface area contributed by atoms with Crippen molar-refractivity contribution in [2.75, 3.05) is 0 Å².